The van der Waals surface area contributed by atoms with Gasteiger partial charge in [-0.25, -0.2) is 9.78 Å². The van der Waals surface area contributed by atoms with E-state index >= 15 is 0 Å². The fourth-order valence-corrected chi connectivity index (χ4v) is 3.45. The zero-order valence-corrected chi connectivity index (χ0v) is 17.0. The highest BCUT2D eigenvalue weighted by atomic mass is 16.6. The molecule has 3 rings (SSSR count). The van der Waals surface area contributed by atoms with E-state index in [0.29, 0.717) is 38.1 Å². The molecule has 7 heteroatoms. The third kappa shape index (κ3) is 5.25. The van der Waals surface area contributed by atoms with Crippen LogP contribution in [0, 0.1) is 0 Å². The number of benzene rings is 1. The standard InChI is InChI=1S/C22H28N4O3/c1-3-26(19-8-6-5-7-9-19)20-11-10-17(16-23-20)21(27)24-18-12-14-25(15-13-18)22(28)29-4-2/h5-11,16,18H,3-4,12-15H2,1-2H3,(H,24,27). The number of nitrogens with one attached hydrogen (secondary N) is 1. The van der Waals surface area contributed by atoms with Crippen LogP contribution in [-0.2, 0) is 4.74 Å². The molecule has 0 aliphatic carbocycles. The minimum absolute atomic E-state index is 0.0457. The SMILES string of the molecule is CCOC(=O)N1CCC(NC(=O)c2ccc(N(CC)c3ccccc3)nc2)CC1. The van der Waals surface area contributed by atoms with E-state index in [1.54, 1.807) is 24.1 Å². The topological polar surface area (TPSA) is 74.8 Å². The van der Waals surface area contributed by atoms with Gasteiger partial charge in [0, 0.05) is 37.6 Å². The first kappa shape index (κ1) is 20.6. The van der Waals surface area contributed by atoms with Crippen LogP contribution in [0.3, 0.4) is 0 Å². The Balaban J connectivity index is 1.56. The van der Waals surface area contributed by atoms with E-state index in [4.69, 9.17) is 4.74 Å². The molecule has 0 bridgehead atoms. The normalized spacial score (nSPS) is 14.3. The number of hydrogen-bond acceptors (Lipinski definition) is 5. The Morgan fingerprint density at radius 1 is 1.14 bits per heavy atom. The predicted octanol–water partition coefficient (Wildman–Crippen LogP) is 3.59. The molecule has 2 amide bonds. The number of carbonyl (C=O) groups excluding carboxylic acids is 2. The van der Waals surface area contributed by atoms with Crippen LogP contribution in [0.15, 0.2) is 48.7 Å². The monoisotopic (exact) mass is 396 g/mol. The Hall–Kier alpha value is -3.09. The van der Waals surface area contributed by atoms with Crippen molar-refractivity contribution in [2.45, 2.75) is 32.7 Å². The number of piperidine rings is 1. The van der Waals surface area contributed by atoms with E-state index in [-0.39, 0.29) is 18.0 Å². The molecule has 154 valence electrons. The third-order valence-electron chi connectivity index (χ3n) is 5.03. The van der Waals surface area contributed by atoms with Gasteiger partial charge < -0.3 is 19.9 Å². The quantitative estimate of drug-likeness (QED) is 0.808. The second kappa shape index (κ2) is 9.91. The van der Waals surface area contributed by atoms with Gasteiger partial charge in [-0.3, -0.25) is 4.79 Å². The second-order valence-corrected chi connectivity index (χ2v) is 6.92. The number of pyridine rings is 1. The minimum atomic E-state index is -0.282. The highest BCUT2D eigenvalue weighted by Crippen LogP contribution is 2.23. The Morgan fingerprint density at radius 3 is 2.45 bits per heavy atom. The number of nitrogens with zero attached hydrogens (tertiary/aromatic N) is 3. The second-order valence-electron chi connectivity index (χ2n) is 6.92. The molecule has 0 atom stereocenters. The highest BCUT2D eigenvalue weighted by molar-refractivity contribution is 5.94. The first-order valence-electron chi connectivity index (χ1n) is 10.1. The van der Waals surface area contributed by atoms with Gasteiger partial charge in [0.1, 0.15) is 5.82 Å². The van der Waals surface area contributed by atoms with Crippen molar-refractivity contribution in [3.8, 4) is 0 Å². The summed E-state index contributed by atoms with van der Waals surface area (Å²) >= 11 is 0. The summed E-state index contributed by atoms with van der Waals surface area (Å²) in [5.74, 6) is 0.666. The number of ether oxygens (including phenoxy) is 1. The lowest BCUT2D eigenvalue weighted by Gasteiger charge is -2.31. The van der Waals surface area contributed by atoms with Crippen LogP contribution in [0.2, 0.25) is 0 Å². The molecule has 29 heavy (non-hydrogen) atoms. The van der Waals surface area contributed by atoms with Crippen molar-refractivity contribution in [2.75, 3.05) is 31.1 Å². The van der Waals surface area contributed by atoms with Crippen molar-refractivity contribution in [1.82, 2.24) is 15.2 Å². The summed E-state index contributed by atoms with van der Waals surface area (Å²) in [7, 11) is 0. The van der Waals surface area contributed by atoms with Crippen LogP contribution in [0.4, 0.5) is 16.3 Å². The maximum absolute atomic E-state index is 12.6. The molecule has 1 fully saturated rings. The number of likely N-dealkylation sites (tertiary alicyclic amines) is 1. The highest BCUT2D eigenvalue weighted by Gasteiger charge is 2.25. The molecule has 0 unspecified atom stereocenters. The largest absolute Gasteiger partial charge is 0.450 e. The van der Waals surface area contributed by atoms with Gasteiger partial charge in [-0.05, 0) is 51.0 Å². The van der Waals surface area contributed by atoms with Crippen LogP contribution < -0.4 is 10.2 Å². The lowest BCUT2D eigenvalue weighted by atomic mass is 10.0. The summed E-state index contributed by atoms with van der Waals surface area (Å²) < 4.78 is 5.03. The summed E-state index contributed by atoms with van der Waals surface area (Å²) in [5, 5.41) is 3.05. The molecule has 1 aromatic heterocycles. The zero-order valence-electron chi connectivity index (χ0n) is 17.0. The van der Waals surface area contributed by atoms with Crippen molar-refractivity contribution in [3.63, 3.8) is 0 Å². The maximum Gasteiger partial charge on any atom is 0.409 e. The fourth-order valence-electron chi connectivity index (χ4n) is 3.45. The van der Waals surface area contributed by atoms with E-state index in [9.17, 15) is 9.59 Å². The van der Waals surface area contributed by atoms with Crippen molar-refractivity contribution >= 4 is 23.5 Å². The lowest BCUT2D eigenvalue weighted by molar-refractivity contribution is 0.0860. The number of amides is 2. The minimum Gasteiger partial charge on any atom is -0.450 e. The zero-order chi connectivity index (χ0) is 20.6. The molecule has 0 radical (unpaired) electrons. The molecule has 0 spiro atoms. The number of hydrogen-bond donors (Lipinski definition) is 1. The van der Waals surface area contributed by atoms with Crippen molar-refractivity contribution in [1.29, 1.82) is 0 Å². The van der Waals surface area contributed by atoms with Gasteiger partial charge >= 0.3 is 6.09 Å². The summed E-state index contributed by atoms with van der Waals surface area (Å²) in [6.45, 7) is 6.19. The first-order chi connectivity index (χ1) is 14.1. The number of rotatable bonds is 6. The summed E-state index contributed by atoms with van der Waals surface area (Å²) in [6, 6.07) is 13.8. The number of para-hydroxylation sites is 1. The van der Waals surface area contributed by atoms with E-state index in [2.05, 4.69) is 22.1 Å². The molecule has 1 saturated heterocycles. The summed E-state index contributed by atoms with van der Waals surface area (Å²) in [6.07, 6.45) is 2.77. The number of anilines is 2. The Bertz CT molecular complexity index is 803. The van der Waals surface area contributed by atoms with Crippen molar-refractivity contribution in [2.24, 2.45) is 0 Å². The predicted molar refractivity (Wildman–Crippen MR) is 112 cm³/mol. The average molecular weight is 396 g/mol. The molecule has 1 aliphatic rings. The van der Waals surface area contributed by atoms with Crippen molar-refractivity contribution in [3.05, 3.63) is 54.2 Å². The molecule has 1 N–H and O–H groups in total. The Kier molecular flexibility index (Phi) is 7.05. The Morgan fingerprint density at radius 2 is 1.86 bits per heavy atom. The van der Waals surface area contributed by atoms with E-state index < -0.39 is 0 Å². The molecule has 2 heterocycles. The van der Waals surface area contributed by atoms with E-state index in [0.717, 1.165) is 18.1 Å². The lowest BCUT2D eigenvalue weighted by Crippen LogP contribution is -2.46. The van der Waals surface area contributed by atoms with Gasteiger partial charge in [0.05, 0.1) is 12.2 Å². The van der Waals surface area contributed by atoms with Crippen LogP contribution in [0.5, 0.6) is 0 Å². The fraction of sp³-hybridized carbons (Fsp3) is 0.409. The van der Waals surface area contributed by atoms with E-state index in [1.165, 1.54) is 0 Å². The summed E-state index contributed by atoms with van der Waals surface area (Å²) in [4.78, 5) is 32.6. The molecule has 1 aromatic carbocycles. The molecule has 1 aliphatic heterocycles. The molecule has 2 aromatic rings. The van der Waals surface area contributed by atoms with Crippen molar-refractivity contribution < 1.29 is 14.3 Å². The molecule has 7 nitrogen and oxygen atoms in total. The van der Waals surface area contributed by atoms with Gasteiger partial charge in [-0.2, -0.15) is 0 Å². The van der Waals surface area contributed by atoms with Gasteiger partial charge in [-0.1, -0.05) is 18.2 Å². The van der Waals surface area contributed by atoms with Gasteiger partial charge in [0.25, 0.3) is 5.91 Å². The average Bonchev–Trinajstić information content (AvgIpc) is 2.76. The number of carbonyl (C=O) groups is 2. The van der Waals surface area contributed by atoms with Gasteiger partial charge in [-0.15, -0.1) is 0 Å². The van der Waals surface area contributed by atoms with Crippen LogP contribution in [-0.4, -0.2) is 54.2 Å². The van der Waals surface area contributed by atoms with Crippen LogP contribution in [0.25, 0.3) is 0 Å². The van der Waals surface area contributed by atoms with Crippen LogP contribution in [0.1, 0.15) is 37.0 Å². The summed E-state index contributed by atoms with van der Waals surface area (Å²) in [5.41, 5.74) is 1.60. The Labute approximate surface area is 171 Å². The van der Waals surface area contributed by atoms with Crippen LogP contribution >= 0.6 is 0 Å². The van der Waals surface area contributed by atoms with E-state index in [1.807, 2.05) is 36.4 Å². The molecule has 0 saturated carbocycles. The molecular formula is C22H28N4O3. The smallest absolute Gasteiger partial charge is 0.409 e. The maximum atomic E-state index is 12.6. The first-order valence-corrected chi connectivity index (χ1v) is 10.1. The van der Waals surface area contributed by atoms with Gasteiger partial charge in [0.15, 0.2) is 0 Å². The molecular weight excluding hydrogens is 368 g/mol. The number of aromatic nitrogens is 1. The van der Waals surface area contributed by atoms with Gasteiger partial charge in [0.2, 0.25) is 0 Å². The third-order valence-corrected chi connectivity index (χ3v) is 5.03.